The second kappa shape index (κ2) is 5.66. The number of likely N-dealkylation sites (tertiary alicyclic amines) is 1. The Morgan fingerprint density at radius 1 is 1.44 bits per heavy atom. The smallest absolute Gasteiger partial charge is 0.322 e. The lowest BCUT2D eigenvalue weighted by molar-refractivity contribution is -0.138. The third-order valence-electron chi connectivity index (χ3n) is 2.54. The van der Waals surface area contributed by atoms with E-state index in [4.69, 9.17) is 10.8 Å². The third-order valence-corrected chi connectivity index (χ3v) is 2.54. The van der Waals surface area contributed by atoms with E-state index in [1.807, 2.05) is 0 Å². The fourth-order valence-electron chi connectivity index (χ4n) is 1.47. The zero-order valence-corrected chi connectivity index (χ0v) is 8.93. The average Bonchev–Trinajstić information content (AvgIpc) is 2.26. The summed E-state index contributed by atoms with van der Waals surface area (Å²) in [4.78, 5) is 23.5. The van der Waals surface area contributed by atoms with Crippen molar-refractivity contribution < 1.29 is 19.8 Å². The number of hydrogen-bond donors (Lipinski definition) is 4. The predicted octanol–water partition coefficient (Wildman–Crippen LogP) is -1.44. The van der Waals surface area contributed by atoms with E-state index in [0.717, 1.165) is 0 Å². The normalized spacial score (nSPS) is 19.2. The van der Waals surface area contributed by atoms with E-state index in [1.165, 1.54) is 0 Å². The minimum atomic E-state index is -1.14. The lowest BCUT2D eigenvalue weighted by atomic mass is 10.1. The van der Waals surface area contributed by atoms with Crippen LogP contribution < -0.4 is 11.1 Å². The van der Waals surface area contributed by atoms with Gasteiger partial charge in [-0.05, 0) is 12.8 Å². The van der Waals surface area contributed by atoms with Crippen molar-refractivity contribution in [3.05, 3.63) is 0 Å². The number of nitrogens with two attached hydrogens (primary N) is 1. The van der Waals surface area contributed by atoms with Crippen molar-refractivity contribution in [2.75, 3.05) is 19.6 Å². The number of nitrogens with one attached hydrogen (secondary N) is 1. The molecule has 1 fully saturated rings. The molecule has 1 rings (SSSR count). The highest BCUT2D eigenvalue weighted by atomic mass is 16.4. The molecule has 1 heterocycles. The SMILES string of the molecule is N[C@@H](CNC(=O)N1CCC(O)CC1)C(=O)O. The molecule has 2 amide bonds. The van der Waals surface area contributed by atoms with E-state index < -0.39 is 12.0 Å². The molecule has 1 aliphatic rings. The number of urea groups is 1. The highest BCUT2D eigenvalue weighted by Gasteiger charge is 2.22. The molecule has 5 N–H and O–H groups in total. The van der Waals surface area contributed by atoms with E-state index in [-0.39, 0.29) is 18.7 Å². The van der Waals surface area contributed by atoms with Gasteiger partial charge < -0.3 is 26.2 Å². The molecule has 16 heavy (non-hydrogen) atoms. The van der Waals surface area contributed by atoms with E-state index in [1.54, 1.807) is 4.90 Å². The van der Waals surface area contributed by atoms with Crippen LogP contribution in [0.3, 0.4) is 0 Å². The van der Waals surface area contributed by atoms with Gasteiger partial charge in [0.15, 0.2) is 0 Å². The van der Waals surface area contributed by atoms with E-state index in [0.29, 0.717) is 25.9 Å². The Bertz CT molecular complexity index is 263. The maximum atomic E-state index is 11.5. The highest BCUT2D eigenvalue weighted by Crippen LogP contribution is 2.09. The van der Waals surface area contributed by atoms with Gasteiger partial charge in [0.25, 0.3) is 0 Å². The number of carboxylic acids is 1. The second-order valence-electron chi connectivity index (χ2n) is 3.85. The van der Waals surface area contributed by atoms with Crippen LogP contribution in [0.2, 0.25) is 0 Å². The standard InChI is InChI=1S/C9H17N3O4/c10-7(8(14)15)5-11-9(16)12-3-1-6(13)2-4-12/h6-7,13H,1-5,10H2,(H,11,16)(H,14,15)/t7-/m0/s1. The fraction of sp³-hybridized carbons (Fsp3) is 0.778. The number of carbonyl (C=O) groups excluding carboxylic acids is 1. The summed E-state index contributed by atoms with van der Waals surface area (Å²) in [5.41, 5.74) is 5.24. The van der Waals surface area contributed by atoms with Crippen molar-refractivity contribution in [2.24, 2.45) is 5.73 Å². The topological polar surface area (TPSA) is 116 Å². The van der Waals surface area contributed by atoms with Crippen LogP contribution in [0.25, 0.3) is 0 Å². The Morgan fingerprint density at radius 3 is 2.50 bits per heavy atom. The summed E-state index contributed by atoms with van der Waals surface area (Å²) in [6.45, 7) is 0.873. The Hall–Kier alpha value is -1.34. The largest absolute Gasteiger partial charge is 0.480 e. The number of aliphatic carboxylic acids is 1. The van der Waals surface area contributed by atoms with Crippen molar-refractivity contribution in [1.82, 2.24) is 10.2 Å². The van der Waals surface area contributed by atoms with Crippen LogP contribution >= 0.6 is 0 Å². The van der Waals surface area contributed by atoms with Gasteiger partial charge in [-0.15, -0.1) is 0 Å². The molecular formula is C9H17N3O4. The predicted molar refractivity (Wildman–Crippen MR) is 55.8 cm³/mol. The van der Waals surface area contributed by atoms with Crippen LogP contribution in [0.1, 0.15) is 12.8 Å². The van der Waals surface area contributed by atoms with E-state index in [9.17, 15) is 14.7 Å². The van der Waals surface area contributed by atoms with Gasteiger partial charge in [-0.25, -0.2) is 4.79 Å². The van der Waals surface area contributed by atoms with Crippen LogP contribution in [0.5, 0.6) is 0 Å². The lowest BCUT2D eigenvalue weighted by Crippen LogP contribution is -2.49. The first-order valence-corrected chi connectivity index (χ1v) is 5.20. The first-order valence-electron chi connectivity index (χ1n) is 5.20. The molecular weight excluding hydrogens is 214 g/mol. The highest BCUT2D eigenvalue weighted by molar-refractivity contribution is 5.77. The summed E-state index contributed by atoms with van der Waals surface area (Å²) < 4.78 is 0. The zero-order chi connectivity index (χ0) is 12.1. The lowest BCUT2D eigenvalue weighted by Gasteiger charge is -2.29. The second-order valence-corrected chi connectivity index (χ2v) is 3.85. The molecule has 0 aromatic heterocycles. The molecule has 92 valence electrons. The minimum absolute atomic E-state index is 0.0901. The molecule has 1 aliphatic heterocycles. The van der Waals surface area contributed by atoms with Crippen molar-refractivity contribution in [3.8, 4) is 0 Å². The number of amides is 2. The Morgan fingerprint density at radius 2 is 2.00 bits per heavy atom. The Labute approximate surface area is 93.2 Å². The number of aliphatic hydroxyl groups is 1. The molecule has 0 aromatic rings. The van der Waals surface area contributed by atoms with Gasteiger partial charge in [-0.1, -0.05) is 0 Å². The third kappa shape index (κ3) is 3.67. The van der Waals surface area contributed by atoms with Crippen LogP contribution in [-0.2, 0) is 4.79 Å². The number of piperidine rings is 1. The maximum Gasteiger partial charge on any atom is 0.322 e. The molecule has 0 unspecified atom stereocenters. The molecule has 7 nitrogen and oxygen atoms in total. The summed E-state index contributed by atoms with van der Waals surface area (Å²) in [6.07, 6.45) is 0.766. The van der Waals surface area contributed by atoms with Crippen LogP contribution in [0.4, 0.5) is 4.79 Å². The number of nitrogens with zero attached hydrogens (tertiary/aromatic N) is 1. The van der Waals surface area contributed by atoms with Gasteiger partial charge in [0.2, 0.25) is 0 Å². The van der Waals surface area contributed by atoms with Crippen molar-refractivity contribution in [1.29, 1.82) is 0 Å². The molecule has 1 atom stereocenters. The van der Waals surface area contributed by atoms with Gasteiger partial charge in [-0.2, -0.15) is 0 Å². The number of carboxylic acid groups (broad SMARTS) is 1. The van der Waals surface area contributed by atoms with Crippen molar-refractivity contribution in [2.45, 2.75) is 25.0 Å². The first kappa shape index (κ1) is 12.7. The molecule has 0 spiro atoms. The van der Waals surface area contributed by atoms with Gasteiger partial charge >= 0.3 is 12.0 Å². The maximum absolute atomic E-state index is 11.5. The monoisotopic (exact) mass is 231 g/mol. The summed E-state index contributed by atoms with van der Waals surface area (Å²) in [6, 6.07) is -1.41. The summed E-state index contributed by atoms with van der Waals surface area (Å²) in [7, 11) is 0. The minimum Gasteiger partial charge on any atom is -0.480 e. The number of carbonyl (C=O) groups is 2. The van der Waals surface area contributed by atoms with Crippen molar-refractivity contribution in [3.63, 3.8) is 0 Å². The van der Waals surface area contributed by atoms with Crippen molar-refractivity contribution >= 4 is 12.0 Å². The fourth-order valence-corrected chi connectivity index (χ4v) is 1.47. The summed E-state index contributed by atoms with van der Waals surface area (Å²) in [5, 5.41) is 20.2. The van der Waals surface area contributed by atoms with Gasteiger partial charge in [-0.3, -0.25) is 4.79 Å². The zero-order valence-electron chi connectivity index (χ0n) is 8.93. The van der Waals surface area contributed by atoms with Crippen LogP contribution in [0, 0.1) is 0 Å². The number of rotatable bonds is 3. The molecule has 0 aromatic carbocycles. The molecule has 0 radical (unpaired) electrons. The number of hydrogen-bond acceptors (Lipinski definition) is 4. The van der Waals surface area contributed by atoms with Gasteiger partial charge in [0.1, 0.15) is 6.04 Å². The first-order chi connectivity index (χ1) is 7.50. The molecule has 1 saturated heterocycles. The average molecular weight is 231 g/mol. The summed E-state index contributed by atoms with van der Waals surface area (Å²) >= 11 is 0. The van der Waals surface area contributed by atoms with Gasteiger partial charge in [0.05, 0.1) is 6.10 Å². The van der Waals surface area contributed by atoms with Crippen LogP contribution in [0.15, 0.2) is 0 Å². The van der Waals surface area contributed by atoms with E-state index in [2.05, 4.69) is 5.32 Å². The summed E-state index contributed by atoms with van der Waals surface area (Å²) in [5.74, 6) is -1.14. The Kier molecular flexibility index (Phi) is 4.51. The van der Waals surface area contributed by atoms with Gasteiger partial charge in [0, 0.05) is 19.6 Å². The quantitative estimate of drug-likeness (QED) is 0.475. The molecule has 0 aliphatic carbocycles. The van der Waals surface area contributed by atoms with E-state index >= 15 is 0 Å². The van der Waals surface area contributed by atoms with Crippen LogP contribution in [-0.4, -0.2) is 58.9 Å². The molecule has 7 heteroatoms. The molecule has 0 bridgehead atoms. The number of aliphatic hydroxyl groups excluding tert-OH is 1. The molecule has 0 saturated carbocycles. The Balaban J connectivity index is 2.27.